The molecule has 0 radical (unpaired) electrons. The third-order valence-corrected chi connectivity index (χ3v) is 5.89. The van der Waals surface area contributed by atoms with Crippen molar-refractivity contribution < 1.29 is 27.7 Å². The van der Waals surface area contributed by atoms with Gasteiger partial charge in [0.25, 0.3) is 0 Å². The molecule has 30 heavy (non-hydrogen) atoms. The normalized spacial score (nSPS) is 10.5. The number of carbonyl (C=O) groups is 3. The second-order valence-corrected chi connectivity index (χ2v) is 8.30. The molecule has 0 saturated heterocycles. The van der Waals surface area contributed by atoms with Crippen molar-refractivity contribution in [3.05, 3.63) is 120 Å². The Labute approximate surface area is 174 Å². The molecule has 0 saturated carbocycles. The highest BCUT2D eigenvalue weighted by molar-refractivity contribution is 6.71. The fourth-order valence-electron chi connectivity index (χ4n) is 2.47. The molecule has 0 fully saturated rings. The van der Waals surface area contributed by atoms with Gasteiger partial charge in [-0.05, 0) is 36.4 Å². The van der Waals surface area contributed by atoms with Crippen LogP contribution < -0.4 is 0 Å². The summed E-state index contributed by atoms with van der Waals surface area (Å²) in [6, 6.07) is 24.3. The molecule has 3 rings (SSSR count). The molecule has 0 aliphatic carbocycles. The maximum Gasteiger partial charge on any atom is 0.735 e. The third-order valence-electron chi connectivity index (χ3n) is 3.98. The number of rotatable bonds is 7. The number of benzene rings is 3. The van der Waals surface area contributed by atoms with E-state index in [9.17, 15) is 14.4 Å². The first-order chi connectivity index (χ1) is 14.5. The third kappa shape index (κ3) is 5.09. The van der Waals surface area contributed by atoms with E-state index in [2.05, 4.69) is 6.58 Å². The van der Waals surface area contributed by atoms with Gasteiger partial charge in [-0.2, -0.15) is 0 Å². The summed E-state index contributed by atoms with van der Waals surface area (Å²) in [6.45, 7) is 3.60. The first kappa shape index (κ1) is 20.8. The lowest BCUT2D eigenvalue weighted by Crippen LogP contribution is -2.49. The zero-order valence-corrected chi connectivity index (χ0v) is 16.9. The van der Waals surface area contributed by atoms with Crippen molar-refractivity contribution in [3.8, 4) is 0 Å². The largest absolute Gasteiger partial charge is 0.735 e. The Hall–Kier alpha value is -3.97. The quantitative estimate of drug-likeness (QED) is 0.535. The molecular formula is C23H18O6Si. The second kappa shape index (κ2) is 9.49. The summed E-state index contributed by atoms with van der Waals surface area (Å²) < 4.78 is 16.4. The molecular weight excluding hydrogens is 400 g/mol. The van der Waals surface area contributed by atoms with E-state index >= 15 is 0 Å². The van der Waals surface area contributed by atoms with E-state index in [0.717, 1.165) is 5.70 Å². The first-order valence-corrected chi connectivity index (χ1v) is 10.8. The van der Waals surface area contributed by atoms with Crippen molar-refractivity contribution >= 4 is 26.7 Å². The van der Waals surface area contributed by atoms with Crippen LogP contribution in [0.25, 0.3) is 0 Å². The Morgan fingerprint density at radius 1 is 0.567 bits per heavy atom. The Kier molecular flexibility index (Phi) is 6.56. The summed E-state index contributed by atoms with van der Waals surface area (Å²) in [5, 5.41) is 0. The lowest BCUT2D eigenvalue weighted by molar-refractivity contribution is 0.0355. The molecule has 7 heteroatoms. The van der Waals surface area contributed by atoms with Gasteiger partial charge in [-0.3, -0.25) is 0 Å². The monoisotopic (exact) mass is 418 g/mol. The predicted octanol–water partition coefficient (Wildman–Crippen LogP) is 4.22. The van der Waals surface area contributed by atoms with E-state index in [0.29, 0.717) is 0 Å². The van der Waals surface area contributed by atoms with Crippen molar-refractivity contribution in [2.45, 2.75) is 0 Å². The van der Waals surface area contributed by atoms with Gasteiger partial charge >= 0.3 is 26.7 Å². The maximum absolute atomic E-state index is 12.6. The molecule has 0 aliphatic rings. The summed E-state index contributed by atoms with van der Waals surface area (Å²) in [7, 11) is -4.29. The first-order valence-electron chi connectivity index (χ1n) is 9.02. The van der Waals surface area contributed by atoms with Gasteiger partial charge in [0.05, 0.1) is 16.7 Å². The molecule has 3 aromatic rings. The zero-order valence-electron chi connectivity index (χ0n) is 15.9. The van der Waals surface area contributed by atoms with Crippen molar-refractivity contribution in [1.82, 2.24) is 0 Å². The average Bonchev–Trinajstić information content (AvgIpc) is 2.80. The molecule has 0 unspecified atom stereocenters. The second-order valence-electron chi connectivity index (χ2n) is 6.07. The van der Waals surface area contributed by atoms with Crippen LogP contribution >= 0.6 is 0 Å². The highest BCUT2D eigenvalue weighted by Gasteiger charge is 2.51. The molecule has 0 atom stereocenters. The number of hydrogen-bond acceptors (Lipinski definition) is 6. The predicted molar refractivity (Wildman–Crippen MR) is 112 cm³/mol. The van der Waals surface area contributed by atoms with Gasteiger partial charge in [0.15, 0.2) is 0 Å². The van der Waals surface area contributed by atoms with E-state index < -0.39 is 26.7 Å². The Morgan fingerprint density at radius 2 is 0.833 bits per heavy atom. The van der Waals surface area contributed by atoms with Gasteiger partial charge < -0.3 is 13.3 Å². The molecule has 0 amide bonds. The van der Waals surface area contributed by atoms with Crippen molar-refractivity contribution in [1.29, 1.82) is 0 Å². The smallest absolute Gasteiger partial charge is 0.448 e. The average molecular weight is 418 g/mol. The fraction of sp³-hybridized carbons (Fsp3) is 0. The summed E-state index contributed by atoms with van der Waals surface area (Å²) in [5.41, 5.74) is 1.71. The van der Waals surface area contributed by atoms with Crippen LogP contribution in [-0.2, 0) is 13.3 Å². The van der Waals surface area contributed by atoms with Gasteiger partial charge in [0, 0.05) is 5.70 Å². The van der Waals surface area contributed by atoms with Gasteiger partial charge in [0.1, 0.15) is 0 Å². The standard InChI is InChI=1S/C23H18O6Si/c1-2-30(27-21(24)18-12-6-3-7-13-18,28-22(25)19-14-8-4-9-15-19)29-23(26)20-16-10-5-11-17-20/h2-17H,1H2. The van der Waals surface area contributed by atoms with E-state index in [1.165, 1.54) is 36.4 Å². The van der Waals surface area contributed by atoms with Crippen molar-refractivity contribution in [2.24, 2.45) is 0 Å². The fourth-order valence-corrected chi connectivity index (χ4v) is 3.98. The molecule has 0 bridgehead atoms. The summed E-state index contributed by atoms with van der Waals surface area (Å²) >= 11 is 0. The van der Waals surface area contributed by atoms with Crippen LogP contribution in [0.4, 0.5) is 0 Å². The molecule has 3 aromatic carbocycles. The molecule has 0 N–H and O–H groups in total. The summed E-state index contributed by atoms with van der Waals surface area (Å²) in [6.07, 6.45) is 0. The lowest BCUT2D eigenvalue weighted by atomic mass is 10.2. The van der Waals surface area contributed by atoms with Gasteiger partial charge in [-0.25, -0.2) is 14.4 Å². The van der Waals surface area contributed by atoms with Crippen LogP contribution in [0.2, 0.25) is 0 Å². The van der Waals surface area contributed by atoms with Crippen LogP contribution in [0, 0.1) is 0 Å². The molecule has 0 aromatic heterocycles. The van der Waals surface area contributed by atoms with Crippen molar-refractivity contribution in [2.75, 3.05) is 0 Å². The van der Waals surface area contributed by atoms with Crippen LogP contribution in [-0.4, -0.2) is 26.7 Å². The lowest BCUT2D eigenvalue weighted by Gasteiger charge is -2.25. The molecule has 6 nitrogen and oxygen atoms in total. The molecule has 0 heterocycles. The number of hydrogen-bond donors (Lipinski definition) is 0. The van der Waals surface area contributed by atoms with E-state index in [1.54, 1.807) is 54.6 Å². The zero-order chi connectivity index (χ0) is 21.4. The Bertz CT molecular complexity index is 905. The number of carbonyl (C=O) groups excluding carboxylic acids is 3. The van der Waals surface area contributed by atoms with Crippen LogP contribution in [0.5, 0.6) is 0 Å². The van der Waals surface area contributed by atoms with Gasteiger partial charge in [-0.15, -0.1) is 0 Å². The molecule has 0 aliphatic heterocycles. The van der Waals surface area contributed by atoms with Crippen LogP contribution in [0.1, 0.15) is 31.1 Å². The minimum Gasteiger partial charge on any atom is -0.448 e. The van der Waals surface area contributed by atoms with E-state index in [-0.39, 0.29) is 16.7 Å². The van der Waals surface area contributed by atoms with E-state index in [4.69, 9.17) is 13.3 Å². The Balaban J connectivity index is 1.91. The van der Waals surface area contributed by atoms with E-state index in [1.807, 2.05) is 0 Å². The van der Waals surface area contributed by atoms with Gasteiger partial charge in [0.2, 0.25) is 0 Å². The minimum absolute atomic E-state index is 0.211. The topological polar surface area (TPSA) is 78.9 Å². The highest BCUT2D eigenvalue weighted by atomic mass is 28.4. The van der Waals surface area contributed by atoms with Crippen LogP contribution in [0.15, 0.2) is 103 Å². The molecule has 0 spiro atoms. The summed E-state index contributed by atoms with van der Waals surface area (Å²) in [4.78, 5) is 37.9. The Morgan fingerprint density at radius 3 is 1.07 bits per heavy atom. The van der Waals surface area contributed by atoms with Crippen molar-refractivity contribution in [3.63, 3.8) is 0 Å². The van der Waals surface area contributed by atoms with Gasteiger partial charge in [-0.1, -0.05) is 61.2 Å². The van der Waals surface area contributed by atoms with Crippen LogP contribution in [0.3, 0.4) is 0 Å². The SMILES string of the molecule is C=C[Si](OC(=O)c1ccccc1)(OC(=O)c1ccccc1)OC(=O)c1ccccc1. The highest BCUT2D eigenvalue weighted by Crippen LogP contribution is 2.19. The summed E-state index contributed by atoms with van der Waals surface area (Å²) in [5.74, 6) is -2.41. The maximum atomic E-state index is 12.6. The minimum atomic E-state index is -4.29. The molecule has 150 valence electrons.